The molecule has 0 bridgehead atoms. The van der Waals surface area contributed by atoms with Crippen molar-refractivity contribution in [2.45, 2.75) is 13.3 Å². The van der Waals surface area contributed by atoms with E-state index in [9.17, 15) is 9.59 Å². The van der Waals surface area contributed by atoms with Gasteiger partial charge in [-0.3, -0.25) is 9.69 Å². The van der Waals surface area contributed by atoms with Gasteiger partial charge in [-0.1, -0.05) is 29.5 Å². The van der Waals surface area contributed by atoms with E-state index in [1.54, 1.807) is 11.1 Å². The van der Waals surface area contributed by atoms with Gasteiger partial charge in [0.25, 0.3) is 0 Å². The summed E-state index contributed by atoms with van der Waals surface area (Å²) >= 11 is 1.37. The molecular weight excluding hydrogens is 462 g/mol. The van der Waals surface area contributed by atoms with E-state index in [2.05, 4.69) is 20.9 Å². The third-order valence-corrected chi connectivity index (χ3v) is 7.32. The molecule has 176 valence electrons. The summed E-state index contributed by atoms with van der Waals surface area (Å²) in [5.41, 5.74) is 2.97. The Balaban J connectivity index is 1.35. The van der Waals surface area contributed by atoms with Crippen molar-refractivity contribution in [3.63, 3.8) is 0 Å². The molecule has 2 aliphatic rings. The Morgan fingerprint density at radius 3 is 2.77 bits per heavy atom. The van der Waals surface area contributed by atoms with Gasteiger partial charge in [0.1, 0.15) is 21.3 Å². The maximum absolute atomic E-state index is 13.4. The number of anilines is 4. The molecule has 1 saturated heterocycles. The number of aryl methyl sites for hydroxylation is 1. The Morgan fingerprint density at radius 1 is 1.14 bits per heavy atom. The highest BCUT2D eigenvalue weighted by molar-refractivity contribution is 7.23. The Kier molecular flexibility index (Phi) is 5.35. The molecule has 6 rings (SSSR count). The van der Waals surface area contributed by atoms with Gasteiger partial charge >= 0.3 is 6.03 Å². The molecule has 4 aromatic rings. The van der Waals surface area contributed by atoms with Crippen molar-refractivity contribution < 1.29 is 14.3 Å². The largest absolute Gasteiger partial charge is 0.457 e. The molecular formula is C26H23N5O3S. The first-order chi connectivity index (χ1) is 17.1. The third-order valence-electron chi connectivity index (χ3n) is 6.30. The summed E-state index contributed by atoms with van der Waals surface area (Å²) in [7, 11) is 0. The lowest BCUT2D eigenvalue weighted by Crippen LogP contribution is -2.34. The molecule has 8 nitrogen and oxygen atoms in total. The second-order valence-corrected chi connectivity index (χ2v) is 9.62. The van der Waals surface area contributed by atoms with Crippen LogP contribution in [0.1, 0.15) is 12.0 Å². The molecule has 0 saturated carbocycles. The van der Waals surface area contributed by atoms with E-state index < -0.39 is 0 Å². The van der Waals surface area contributed by atoms with Crippen LogP contribution in [0.25, 0.3) is 10.2 Å². The van der Waals surface area contributed by atoms with Crippen molar-refractivity contribution in [2.75, 3.05) is 28.6 Å². The maximum Gasteiger partial charge on any atom is 0.331 e. The minimum atomic E-state index is -0.291. The molecule has 35 heavy (non-hydrogen) atoms. The van der Waals surface area contributed by atoms with Crippen LogP contribution in [-0.4, -0.2) is 30.0 Å². The number of hydrogen-bond donors (Lipinski definition) is 3. The minimum absolute atomic E-state index is 0.0408. The van der Waals surface area contributed by atoms with Gasteiger partial charge in [-0.05, 0) is 61.9 Å². The number of thiophene rings is 1. The van der Waals surface area contributed by atoms with Crippen molar-refractivity contribution in [2.24, 2.45) is 5.92 Å². The topological polar surface area (TPSA) is 95.6 Å². The van der Waals surface area contributed by atoms with Crippen LogP contribution < -0.4 is 25.6 Å². The molecule has 0 aliphatic carbocycles. The first-order valence-electron chi connectivity index (χ1n) is 11.5. The normalized spacial score (nSPS) is 16.9. The zero-order chi connectivity index (χ0) is 23.9. The summed E-state index contributed by atoms with van der Waals surface area (Å²) < 4.78 is 5.95. The van der Waals surface area contributed by atoms with Crippen molar-refractivity contribution in [1.29, 1.82) is 0 Å². The van der Waals surface area contributed by atoms with Gasteiger partial charge in [0.15, 0.2) is 0 Å². The fraction of sp³-hybridized carbons (Fsp3) is 0.192. The average molecular weight is 486 g/mol. The fourth-order valence-electron chi connectivity index (χ4n) is 4.57. The van der Waals surface area contributed by atoms with Crippen LogP contribution in [-0.2, 0) is 4.79 Å². The summed E-state index contributed by atoms with van der Waals surface area (Å²) in [4.78, 5) is 33.0. The van der Waals surface area contributed by atoms with Gasteiger partial charge in [0.05, 0.1) is 28.4 Å². The highest BCUT2D eigenvalue weighted by Gasteiger charge is 2.33. The van der Waals surface area contributed by atoms with Crippen LogP contribution in [0.5, 0.6) is 11.5 Å². The quantitative estimate of drug-likeness (QED) is 0.341. The van der Waals surface area contributed by atoms with Crippen LogP contribution in [0.4, 0.5) is 26.9 Å². The molecule has 9 heteroatoms. The SMILES string of the molecule is Cc1cc(Oc2ccccc2)ccc1N1C(=O)Nc2c(NC(=O)[C@H]3CCNC3)sc3nccc1c23. The number of nitrogens with zero attached hydrogens (tertiary/aromatic N) is 2. The Hall–Kier alpha value is -3.95. The second kappa shape index (κ2) is 8.68. The number of carbonyl (C=O) groups is 2. The lowest BCUT2D eigenvalue weighted by atomic mass is 10.1. The number of benzene rings is 2. The van der Waals surface area contributed by atoms with Gasteiger partial charge in [0.2, 0.25) is 5.91 Å². The van der Waals surface area contributed by atoms with Crippen LogP contribution >= 0.6 is 11.3 Å². The summed E-state index contributed by atoms with van der Waals surface area (Å²) in [5, 5.41) is 10.7. The number of carbonyl (C=O) groups excluding carboxylic acids is 2. The molecule has 2 aromatic carbocycles. The van der Waals surface area contributed by atoms with Gasteiger partial charge in [0, 0.05) is 12.7 Å². The number of hydrogen-bond acceptors (Lipinski definition) is 6. The van der Waals surface area contributed by atoms with Gasteiger partial charge in [-0.2, -0.15) is 0 Å². The Bertz CT molecular complexity index is 1450. The highest BCUT2D eigenvalue weighted by atomic mass is 32.1. The van der Waals surface area contributed by atoms with E-state index in [0.29, 0.717) is 23.0 Å². The summed E-state index contributed by atoms with van der Waals surface area (Å²) in [6, 6.07) is 16.8. The van der Waals surface area contributed by atoms with Crippen LogP contribution in [0.2, 0.25) is 0 Å². The zero-order valence-corrected chi connectivity index (χ0v) is 19.8. The first-order valence-corrected chi connectivity index (χ1v) is 12.3. The van der Waals surface area contributed by atoms with Crippen molar-refractivity contribution in [3.8, 4) is 11.5 Å². The number of ether oxygens (including phenoxy) is 1. The number of amides is 3. The maximum atomic E-state index is 13.4. The number of pyridine rings is 1. The lowest BCUT2D eigenvalue weighted by Gasteiger charge is -2.29. The average Bonchev–Trinajstić information content (AvgIpc) is 3.51. The second-order valence-electron chi connectivity index (χ2n) is 8.62. The van der Waals surface area contributed by atoms with Crippen molar-refractivity contribution >= 4 is 55.6 Å². The van der Waals surface area contributed by atoms with Crippen molar-refractivity contribution in [1.82, 2.24) is 10.3 Å². The highest BCUT2D eigenvalue weighted by Crippen LogP contribution is 2.49. The number of para-hydroxylation sites is 1. The van der Waals surface area contributed by atoms with Gasteiger partial charge < -0.3 is 20.7 Å². The molecule has 2 aromatic heterocycles. The zero-order valence-electron chi connectivity index (χ0n) is 19.0. The molecule has 0 unspecified atom stereocenters. The predicted molar refractivity (Wildman–Crippen MR) is 138 cm³/mol. The Labute approximate surface area is 205 Å². The minimum Gasteiger partial charge on any atom is -0.457 e. The molecule has 1 fully saturated rings. The summed E-state index contributed by atoms with van der Waals surface area (Å²) in [6.45, 7) is 3.45. The number of urea groups is 1. The van der Waals surface area contributed by atoms with E-state index >= 15 is 0 Å². The first kappa shape index (κ1) is 21.6. The molecule has 2 aliphatic heterocycles. The summed E-state index contributed by atoms with van der Waals surface area (Å²) in [5.74, 6) is 1.32. The Morgan fingerprint density at radius 2 is 2.00 bits per heavy atom. The fourth-order valence-corrected chi connectivity index (χ4v) is 5.59. The summed E-state index contributed by atoms with van der Waals surface area (Å²) in [6.07, 6.45) is 2.50. The van der Waals surface area contributed by atoms with E-state index in [-0.39, 0.29) is 17.9 Å². The number of rotatable bonds is 5. The van der Waals surface area contributed by atoms with Crippen molar-refractivity contribution in [3.05, 3.63) is 66.4 Å². The smallest absolute Gasteiger partial charge is 0.331 e. The predicted octanol–water partition coefficient (Wildman–Crippen LogP) is 5.63. The van der Waals surface area contributed by atoms with Gasteiger partial charge in [-0.15, -0.1) is 0 Å². The molecule has 3 N–H and O–H groups in total. The molecule has 4 heterocycles. The van der Waals surface area contributed by atoms with Crippen LogP contribution in [0, 0.1) is 12.8 Å². The van der Waals surface area contributed by atoms with Crippen LogP contribution in [0.15, 0.2) is 60.8 Å². The van der Waals surface area contributed by atoms with E-state index in [4.69, 9.17) is 4.74 Å². The molecule has 1 atom stereocenters. The van der Waals surface area contributed by atoms with E-state index in [1.165, 1.54) is 11.3 Å². The van der Waals surface area contributed by atoms with E-state index in [0.717, 1.165) is 45.9 Å². The standard InChI is InChI=1S/C26H23N5O3S/c1-15-13-18(34-17-5-3-2-4-6-17)7-8-19(15)31-20-10-12-28-24-21(20)22(29-26(31)33)25(35-24)30-23(32)16-9-11-27-14-16/h2-8,10,12-13,16,27H,9,11,14H2,1H3,(H,29,33)(H,30,32)/t16-/m0/s1. The number of aromatic nitrogens is 1. The third kappa shape index (κ3) is 3.88. The van der Waals surface area contributed by atoms with E-state index in [1.807, 2.05) is 61.5 Å². The molecule has 0 spiro atoms. The lowest BCUT2D eigenvalue weighted by molar-refractivity contribution is -0.119. The molecule has 3 amide bonds. The van der Waals surface area contributed by atoms with Crippen LogP contribution in [0.3, 0.4) is 0 Å². The number of nitrogens with one attached hydrogen (secondary N) is 3. The molecule has 0 radical (unpaired) electrons. The monoisotopic (exact) mass is 485 g/mol. The van der Waals surface area contributed by atoms with Gasteiger partial charge in [-0.25, -0.2) is 9.78 Å².